The topological polar surface area (TPSA) is 30.7 Å². The Morgan fingerprint density at radius 2 is 2.05 bits per heavy atom. The molecule has 0 aliphatic rings. The average molecular weight is 306 g/mol. The third kappa shape index (κ3) is 2.39. The first-order valence-corrected chi connectivity index (χ1v) is 7.21. The normalized spacial score (nSPS) is 11.2. The van der Waals surface area contributed by atoms with Crippen LogP contribution in [0.25, 0.3) is 11.2 Å². The molecule has 3 nitrogen and oxygen atoms in total. The van der Waals surface area contributed by atoms with Crippen LogP contribution < -0.4 is 0 Å². The molecule has 2 aromatic heterocycles. The van der Waals surface area contributed by atoms with Crippen LogP contribution in [0.3, 0.4) is 0 Å². The minimum absolute atomic E-state index is 0.347. The fourth-order valence-corrected chi connectivity index (χ4v) is 2.62. The number of hydrogen-bond acceptors (Lipinski definition) is 2. The van der Waals surface area contributed by atoms with Gasteiger partial charge < -0.3 is 4.57 Å². The molecule has 3 aromatic rings. The Morgan fingerprint density at radius 3 is 2.80 bits per heavy atom. The smallest absolute Gasteiger partial charge is 0.160 e. The van der Waals surface area contributed by atoms with E-state index in [0.29, 0.717) is 12.4 Å². The van der Waals surface area contributed by atoms with Gasteiger partial charge >= 0.3 is 0 Å². The van der Waals surface area contributed by atoms with Crippen LogP contribution in [-0.2, 0) is 12.4 Å². The molecule has 0 unspecified atom stereocenters. The molecule has 3 rings (SSSR count). The largest absolute Gasteiger partial charge is 0.307 e. The number of hydrogen-bond donors (Lipinski definition) is 0. The quantitative estimate of drug-likeness (QED) is 0.680. The number of benzene rings is 1. The second-order valence-corrected chi connectivity index (χ2v) is 5.37. The second kappa shape index (κ2) is 5.43. The molecular formula is C15H13Cl2N3. The van der Waals surface area contributed by atoms with Crippen molar-refractivity contribution in [3.63, 3.8) is 0 Å². The molecule has 0 radical (unpaired) electrons. The Hall–Kier alpha value is -1.58. The third-order valence-electron chi connectivity index (χ3n) is 3.21. The first-order chi connectivity index (χ1) is 9.69. The van der Waals surface area contributed by atoms with E-state index >= 15 is 0 Å². The van der Waals surface area contributed by atoms with Crippen LogP contribution in [0, 0.1) is 6.92 Å². The molecule has 1 aromatic carbocycles. The van der Waals surface area contributed by atoms with Gasteiger partial charge in [-0.1, -0.05) is 29.8 Å². The van der Waals surface area contributed by atoms with E-state index in [1.54, 1.807) is 0 Å². The molecular weight excluding hydrogens is 293 g/mol. The molecule has 0 atom stereocenters. The van der Waals surface area contributed by atoms with Crippen LogP contribution >= 0.6 is 23.2 Å². The van der Waals surface area contributed by atoms with Crippen LogP contribution in [0.15, 0.2) is 36.5 Å². The van der Waals surface area contributed by atoms with E-state index in [1.807, 2.05) is 48.0 Å². The van der Waals surface area contributed by atoms with Gasteiger partial charge in [0.1, 0.15) is 11.3 Å². The number of pyridine rings is 1. The van der Waals surface area contributed by atoms with Gasteiger partial charge in [-0.25, -0.2) is 9.97 Å². The Kier molecular flexibility index (Phi) is 3.64. The van der Waals surface area contributed by atoms with Gasteiger partial charge in [0.25, 0.3) is 0 Å². The molecule has 0 aliphatic carbocycles. The minimum atomic E-state index is 0.347. The predicted molar refractivity (Wildman–Crippen MR) is 82.4 cm³/mol. The maximum atomic E-state index is 6.23. The molecule has 0 N–H and O–H groups in total. The molecule has 20 heavy (non-hydrogen) atoms. The van der Waals surface area contributed by atoms with E-state index in [-0.39, 0.29) is 0 Å². The lowest BCUT2D eigenvalue weighted by molar-refractivity contribution is 0.770. The molecule has 0 spiro atoms. The van der Waals surface area contributed by atoms with Crippen molar-refractivity contribution in [3.8, 4) is 0 Å². The van der Waals surface area contributed by atoms with Crippen LogP contribution in [0.5, 0.6) is 0 Å². The van der Waals surface area contributed by atoms with Gasteiger partial charge in [-0.3, -0.25) is 0 Å². The van der Waals surface area contributed by atoms with Crippen LogP contribution in [0.4, 0.5) is 0 Å². The minimum Gasteiger partial charge on any atom is -0.307 e. The van der Waals surface area contributed by atoms with Crippen LogP contribution in [0.1, 0.15) is 17.0 Å². The SMILES string of the molecule is Cc1cnc2c(c1)nc(CCl)n2Cc1ccccc1Cl. The summed E-state index contributed by atoms with van der Waals surface area (Å²) in [5.74, 6) is 1.15. The van der Waals surface area contributed by atoms with Crippen molar-refractivity contribution in [1.82, 2.24) is 14.5 Å². The van der Waals surface area contributed by atoms with E-state index in [2.05, 4.69) is 9.97 Å². The lowest BCUT2D eigenvalue weighted by atomic mass is 10.2. The highest BCUT2D eigenvalue weighted by Crippen LogP contribution is 2.21. The van der Waals surface area contributed by atoms with Crippen molar-refractivity contribution in [2.45, 2.75) is 19.3 Å². The van der Waals surface area contributed by atoms with E-state index in [4.69, 9.17) is 23.2 Å². The van der Waals surface area contributed by atoms with Crippen LogP contribution in [0.2, 0.25) is 5.02 Å². The highest BCUT2D eigenvalue weighted by molar-refractivity contribution is 6.31. The number of imidazole rings is 1. The van der Waals surface area contributed by atoms with E-state index in [0.717, 1.165) is 33.1 Å². The summed E-state index contributed by atoms with van der Waals surface area (Å²) in [7, 11) is 0. The first-order valence-electron chi connectivity index (χ1n) is 6.30. The maximum absolute atomic E-state index is 6.23. The van der Waals surface area contributed by atoms with Crippen molar-refractivity contribution in [2.24, 2.45) is 0 Å². The molecule has 0 saturated heterocycles. The summed E-state index contributed by atoms with van der Waals surface area (Å²) in [6.07, 6.45) is 1.84. The van der Waals surface area contributed by atoms with Crippen molar-refractivity contribution < 1.29 is 0 Å². The Balaban J connectivity index is 2.12. The van der Waals surface area contributed by atoms with Gasteiger partial charge in [0.15, 0.2) is 5.65 Å². The zero-order valence-electron chi connectivity index (χ0n) is 11.0. The Labute approximate surface area is 127 Å². The van der Waals surface area contributed by atoms with Crippen molar-refractivity contribution in [1.29, 1.82) is 0 Å². The molecule has 0 fully saturated rings. The Morgan fingerprint density at radius 1 is 1.25 bits per heavy atom. The molecule has 0 aliphatic heterocycles. The summed E-state index contributed by atoms with van der Waals surface area (Å²) in [5, 5.41) is 0.738. The van der Waals surface area contributed by atoms with Crippen molar-refractivity contribution in [2.75, 3.05) is 0 Å². The number of aromatic nitrogens is 3. The van der Waals surface area contributed by atoms with Gasteiger partial charge in [0.2, 0.25) is 0 Å². The summed E-state index contributed by atoms with van der Waals surface area (Å²) >= 11 is 12.2. The van der Waals surface area contributed by atoms with E-state index in [9.17, 15) is 0 Å². The van der Waals surface area contributed by atoms with Crippen molar-refractivity contribution >= 4 is 34.4 Å². The number of halogens is 2. The third-order valence-corrected chi connectivity index (χ3v) is 3.81. The fourth-order valence-electron chi connectivity index (χ4n) is 2.22. The average Bonchev–Trinajstić information content (AvgIpc) is 2.78. The number of fused-ring (bicyclic) bond motifs is 1. The lowest BCUT2D eigenvalue weighted by Gasteiger charge is -2.08. The molecule has 0 bridgehead atoms. The molecule has 0 saturated carbocycles. The summed E-state index contributed by atoms with van der Waals surface area (Å²) in [6, 6.07) is 9.79. The van der Waals surface area contributed by atoms with Gasteiger partial charge in [-0.2, -0.15) is 0 Å². The standard InChI is InChI=1S/C15H13Cl2N3/c1-10-6-13-15(18-8-10)20(14(7-16)19-13)9-11-4-2-3-5-12(11)17/h2-6,8H,7,9H2,1H3. The van der Waals surface area contributed by atoms with Gasteiger partial charge in [0.05, 0.1) is 12.4 Å². The molecule has 0 amide bonds. The number of rotatable bonds is 3. The van der Waals surface area contributed by atoms with Crippen LogP contribution in [-0.4, -0.2) is 14.5 Å². The van der Waals surface area contributed by atoms with Gasteiger partial charge in [0, 0.05) is 11.2 Å². The zero-order valence-corrected chi connectivity index (χ0v) is 12.5. The fraction of sp³-hybridized carbons (Fsp3) is 0.200. The zero-order chi connectivity index (χ0) is 14.1. The Bertz CT molecular complexity index is 765. The number of alkyl halides is 1. The lowest BCUT2D eigenvalue weighted by Crippen LogP contribution is -2.05. The monoisotopic (exact) mass is 305 g/mol. The number of aryl methyl sites for hydroxylation is 1. The first kappa shape index (κ1) is 13.4. The summed E-state index contributed by atoms with van der Waals surface area (Å²) in [4.78, 5) is 9.02. The summed E-state index contributed by atoms with van der Waals surface area (Å²) in [6.45, 7) is 2.62. The molecule has 2 heterocycles. The van der Waals surface area contributed by atoms with Gasteiger partial charge in [-0.05, 0) is 30.2 Å². The highest BCUT2D eigenvalue weighted by Gasteiger charge is 2.12. The highest BCUT2D eigenvalue weighted by atomic mass is 35.5. The molecule has 102 valence electrons. The number of nitrogens with zero attached hydrogens (tertiary/aromatic N) is 3. The second-order valence-electron chi connectivity index (χ2n) is 4.69. The predicted octanol–water partition coefficient (Wildman–Crippen LogP) is 4.18. The van der Waals surface area contributed by atoms with Crippen molar-refractivity contribution in [3.05, 3.63) is 58.5 Å². The summed E-state index contributed by atoms with van der Waals surface area (Å²) < 4.78 is 2.02. The maximum Gasteiger partial charge on any atom is 0.160 e. The summed E-state index contributed by atoms with van der Waals surface area (Å²) in [5.41, 5.74) is 3.82. The van der Waals surface area contributed by atoms with E-state index in [1.165, 1.54) is 0 Å². The van der Waals surface area contributed by atoms with Gasteiger partial charge in [-0.15, -0.1) is 11.6 Å². The van der Waals surface area contributed by atoms with E-state index < -0.39 is 0 Å². The molecule has 5 heteroatoms.